The van der Waals surface area contributed by atoms with Crippen molar-refractivity contribution in [2.75, 3.05) is 6.61 Å². The molecular formula is C53H63FN2O11. The number of allylic oxidation sites excluding steroid dienone is 4. The molecule has 2 aromatic carbocycles. The third-order valence-corrected chi connectivity index (χ3v) is 15.3. The van der Waals surface area contributed by atoms with E-state index >= 15 is 4.39 Å². The summed E-state index contributed by atoms with van der Waals surface area (Å²) in [5.74, 6) is -5.47. The summed E-state index contributed by atoms with van der Waals surface area (Å²) >= 11 is 0. The Morgan fingerprint density at radius 1 is 0.940 bits per heavy atom. The molecule has 7 rings (SSSR count). The van der Waals surface area contributed by atoms with Crippen LogP contribution in [0.5, 0.6) is 0 Å². The SMILES string of the molecule is C[C@@H]1C[C@H]2[C@@H]3CCC4=CC(=O)C=C[C@]4(C)[C@@]3(F)[C@@H](O)C[C@]2(C)[C@@]1(O)C(=O)COC(=O)CC[C@H](N)C(=O)OCc1ccc([C@@H](CCC(=O)OC(C)(C)C)C(=O)Cc2ccc3cnccc3c2)cc1. The minimum Gasteiger partial charge on any atom is -0.460 e. The highest BCUT2D eigenvalue weighted by molar-refractivity contribution is 6.01. The molecule has 4 aliphatic rings. The molecule has 3 aromatic rings. The lowest BCUT2D eigenvalue weighted by Crippen LogP contribution is -2.69. The van der Waals surface area contributed by atoms with Crippen LogP contribution in [0, 0.1) is 28.6 Å². The molecule has 1 aromatic heterocycles. The Morgan fingerprint density at radius 2 is 1.64 bits per heavy atom. The maximum Gasteiger partial charge on any atom is 0.323 e. The number of benzene rings is 2. The summed E-state index contributed by atoms with van der Waals surface area (Å²) in [4.78, 5) is 82.5. The number of fused-ring (bicyclic) bond motifs is 6. The molecule has 4 aliphatic carbocycles. The van der Waals surface area contributed by atoms with Crippen LogP contribution in [0.4, 0.5) is 4.39 Å². The van der Waals surface area contributed by atoms with E-state index in [4.69, 9.17) is 19.9 Å². The number of Topliss-reactive ketones (excluding diaryl/α,β-unsaturated/α-hetero) is 2. The number of hydrogen-bond donors (Lipinski definition) is 3. The fourth-order valence-corrected chi connectivity index (χ4v) is 11.7. The van der Waals surface area contributed by atoms with Crippen LogP contribution in [-0.2, 0) is 56.0 Å². The second-order valence-corrected chi connectivity index (χ2v) is 20.6. The zero-order chi connectivity index (χ0) is 48.7. The van der Waals surface area contributed by atoms with Crippen molar-refractivity contribution in [2.45, 2.75) is 141 Å². The molecule has 0 aliphatic heterocycles. The van der Waals surface area contributed by atoms with Crippen LogP contribution in [0.15, 0.2) is 84.7 Å². The van der Waals surface area contributed by atoms with Gasteiger partial charge in [0.15, 0.2) is 18.1 Å². The predicted octanol–water partition coefficient (Wildman–Crippen LogP) is 6.86. The first-order valence-electron chi connectivity index (χ1n) is 23.3. The third-order valence-electron chi connectivity index (χ3n) is 15.3. The number of aromatic nitrogens is 1. The number of rotatable bonds is 16. The predicted molar refractivity (Wildman–Crippen MR) is 246 cm³/mol. The molecule has 3 fully saturated rings. The van der Waals surface area contributed by atoms with E-state index in [0.29, 0.717) is 36.0 Å². The number of carbonyl (C=O) groups is 6. The van der Waals surface area contributed by atoms with Crippen LogP contribution >= 0.6 is 0 Å². The molecule has 14 heteroatoms. The van der Waals surface area contributed by atoms with E-state index in [1.54, 1.807) is 84.3 Å². The Bertz CT molecular complexity index is 2500. The molecule has 0 radical (unpaired) electrons. The van der Waals surface area contributed by atoms with Crippen molar-refractivity contribution in [2.24, 2.45) is 34.3 Å². The number of halogens is 1. The van der Waals surface area contributed by atoms with Crippen LogP contribution in [-0.4, -0.2) is 86.1 Å². The fourth-order valence-electron chi connectivity index (χ4n) is 11.7. The van der Waals surface area contributed by atoms with E-state index in [2.05, 4.69) is 4.98 Å². The number of esters is 3. The first kappa shape index (κ1) is 49.5. The van der Waals surface area contributed by atoms with Gasteiger partial charge < -0.3 is 30.2 Å². The van der Waals surface area contributed by atoms with Gasteiger partial charge in [-0.15, -0.1) is 0 Å². The average molecular weight is 923 g/mol. The van der Waals surface area contributed by atoms with Gasteiger partial charge in [0.1, 0.15) is 29.6 Å². The van der Waals surface area contributed by atoms with Crippen molar-refractivity contribution in [3.63, 3.8) is 0 Å². The summed E-state index contributed by atoms with van der Waals surface area (Å²) in [6, 6.07) is 13.4. The summed E-state index contributed by atoms with van der Waals surface area (Å²) in [7, 11) is 0. The van der Waals surface area contributed by atoms with E-state index in [0.717, 1.165) is 16.3 Å². The molecule has 0 spiro atoms. The molecule has 10 atom stereocenters. The highest BCUT2D eigenvalue weighted by atomic mass is 19.1. The van der Waals surface area contributed by atoms with Crippen molar-refractivity contribution >= 4 is 46.0 Å². The second-order valence-electron chi connectivity index (χ2n) is 20.6. The quantitative estimate of drug-likeness (QED) is 0.0992. The molecule has 0 amide bonds. The summed E-state index contributed by atoms with van der Waals surface area (Å²) in [5, 5.41) is 25.8. The van der Waals surface area contributed by atoms with Gasteiger partial charge in [-0.05, 0) is 118 Å². The lowest BCUT2D eigenvalue weighted by Gasteiger charge is -2.62. The van der Waals surface area contributed by atoms with E-state index in [1.807, 2.05) is 24.3 Å². The van der Waals surface area contributed by atoms with Gasteiger partial charge in [0.25, 0.3) is 0 Å². The second kappa shape index (κ2) is 18.9. The van der Waals surface area contributed by atoms with Crippen LogP contribution < -0.4 is 5.73 Å². The minimum absolute atomic E-state index is 0.0376. The van der Waals surface area contributed by atoms with E-state index in [-0.39, 0.29) is 56.7 Å². The molecular weight excluding hydrogens is 860 g/mol. The number of ether oxygens (including phenoxy) is 3. The molecule has 0 unspecified atom stereocenters. The maximum absolute atomic E-state index is 17.5. The van der Waals surface area contributed by atoms with Gasteiger partial charge in [0, 0.05) is 59.7 Å². The molecule has 358 valence electrons. The summed E-state index contributed by atoms with van der Waals surface area (Å²) in [6.45, 7) is 9.57. The Kier molecular flexibility index (Phi) is 14.0. The zero-order valence-electron chi connectivity index (χ0n) is 39.2. The first-order chi connectivity index (χ1) is 31.5. The van der Waals surface area contributed by atoms with Gasteiger partial charge in [-0.1, -0.05) is 68.0 Å². The van der Waals surface area contributed by atoms with Gasteiger partial charge in [-0.3, -0.25) is 33.8 Å². The number of pyridine rings is 1. The molecule has 0 saturated heterocycles. The number of alkyl halides is 1. The molecule has 1 heterocycles. The fraction of sp³-hybridized carbons (Fsp3) is 0.528. The maximum atomic E-state index is 17.5. The Labute approximate surface area is 390 Å². The van der Waals surface area contributed by atoms with Gasteiger partial charge in [-0.2, -0.15) is 0 Å². The highest BCUT2D eigenvalue weighted by Crippen LogP contribution is 2.70. The largest absolute Gasteiger partial charge is 0.460 e. The molecule has 67 heavy (non-hydrogen) atoms. The van der Waals surface area contributed by atoms with Crippen molar-refractivity contribution < 1.29 is 57.6 Å². The van der Waals surface area contributed by atoms with Crippen LogP contribution in [0.2, 0.25) is 0 Å². The van der Waals surface area contributed by atoms with Crippen molar-refractivity contribution in [3.8, 4) is 0 Å². The number of ketones is 3. The lowest BCUT2D eigenvalue weighted by atomic mass is 9.44. The summed E-state index contributed by atoms with van der Waals surface area (Å²) in [6.07, 6.45) is 7.08. The number of hydrogen-bond acceptors (Lipinski definition) is 13. The first-order valence-corrected chi connectivity index (χ1v) is 23.3. The number of nitrogens with zero attached hydrogens (tertiary/aromatic N) is 1. The Balaban J connectivity index is 0.908. The smallest absolute Gasteiger partial charge is 0.323 e. The lowest BCUT2D eigenvalue weighted by molar-refractivity contribution is -0.220. The van der Waals surface area contributed by atoms with Gasteiger partial charge in [-0.25, -0.2) is 4.39 Å². The Hall–Kier alpha value is -5.44. The van der Waals surface area contributed by atoms with Crippen LogP contribution in [0.3, 0.4) is 0 Å². The molecule has 4 N–H and O–H groups in total. The zero-order valence-corrected chi connectivity index (χ0v) is 39.2. The van der Waals surface area contributed by atoms with Crippen molar-refractivity contribution in [1.29, 1.82) is 0 Å². The van der Waals surface area contributed by atoms with E-state index in [1.165, 1.54) is 12.2 Å². The third kappa shape index (κ3) is 9.54. The molecule has 0 bridgehead atoms. The normalized spacial score (nSPS) is 29.7. The number of carbonyl (C=O) groups excluding carboxylic acids is 6. The van der Waals surface area contributed by atoms with Crippen molar-refractivity contribution in [3.05, 3.63) is 101 Å². The van der Waals surface area contributed by atoms with Gasteiger partial charge in [0.05, 0.1) is 6.10 Å². The van der Waals surface area contributed by atoms with Gasteiger partial charge >= 0.3 is 17.9 Å². The monoisotopic (exact) mass is 922 g/mol. The number of nitrogens with two attached hydrogens (primary N) is 1. The summed E-state index contributed by atoms with van der Waals surface area (Å²) in [5.41, 5.74) is 1.59. The molecule has 13 nitrogen and oxygen atoms in total. The molecule has 3 saturated carbocycles. The average Bonchev–Trinajstić information content (AvgIpc) is 3.48. The summed E-state index contributed by atoms with van der Waals surface area (Å²) < 4.78 is 33.8. The van der Waals surface area contributed by atoms with Crippen LogP contribution in [0.1, 0.15) is 116 Å². The van der Waals surface area contributed by atoms with E-state index in [9.17, 15) is 39.0 Å². The number of aliphatic hydroxyl groups is 2. The highest BCUT2D eigenvalue weighted by Gasteiger charge is 2.75. The Morgan fingerprint density at radius 3 is 2.36 bits per heavy atom. The van der Waals surface area contributed by atoms with E-state index < -0.39 is 93.8 Å². The topological polar surface area (TPSA) is 209 Å². The van der Waals surface area contributed by atoms with Crippen molar-refractivity contribution in [1.82, 2.24) is 4.98 Å². The van der Waals surface area contributed by atoms with Crippen LogP contribution in [0.25, 0.3) is 10.8 Å². The van der Waals surface area contributed by atoms with Gasteiger partial charge in [0.2, 0.25) is 5.78 Å². The number of aliphatic hydroxyl groups excluding tert-OH is 1. The standard InChI is InChI=1S/C53H63FN2O11/c1-31-23-41-40-15-13-37-26-38(57)19-21-50(37,5)52(40,54)44(59)27-51(41,6)53(31,64)45(60)30-65-46(61)18-16-42(55)48(63)66-29-32-7-10-34(11-8-32)39(14-17-47(62)67-49(2,3)4)43(58)25-33-9-12-36-28-56-22-20-35(36)24-33/h7-12,19-22,24,26,28,31,39-42,44,59,64H,13-18,23,25,27,29-30,55H2,1-6H3/t31-,39-,40+,41+,42+,44+,50+,51+,52+,53+/m1/s1. The minimum atomic E-state index is -2.13.